The van der Waals surface area contributed by atoms with Gasteiger partial charge in [0.1, 0.15) is 5.76 Å². The first-order valence-corrected chi connectivity index (χ1v) is 9.79. The molecule has 1 saturated heterocycles. The van der Waals surface area contributed by atoms with Gasteiger partial charge < -0.3 is 14.6 Å². The zero-order valence-corrected chi connectivity index (χ0v) is 17.6. The number of rotatable bonds is 5. The number of halogens is 1. The minimum absolute atomic E-state index is 0. The number of furan rings is 1. The van der Waals surface area contributed by atoms with Crippen molar-refractivity contribution in [1.82, 2.24) is 10.2 Å². The van der Waals surface area contributed by atoms with Gasteiger partial charge in [-0.05, 0) is 48.3 Å². The van der Waals surface area contributed by atoms with Crippen LogP contribution >= 0.6 is 35.3 Å². The molecule has 0 amide bonds. The molecule has 2 aromatic heterocycles. The maximum absolute atomic E-state index is 5.43. The third kappa shape index (κ3) is 4.58. The Bertz CT molecular complexity index is 665. The largest absolute Gasteiger partial charge is 0.469 e. The van der Waals surface area contributed by atoms with Crippen molar-refractivity contribution >= 4 is 41.3 Å². The number of hydrogen-bond acceptors (Lipinski definition) is 3. The van der Waals surface area contributed by atoms with Crippen molar-refractivity contribution in [2.45, 2.75) is 38.6 Å². The SMILES string of the molecule is I.c1coc(CCNC(=NCc2cccs2)N2CCC3(CCC3)C2)c1. The fraction of sp³-hybridized carbons (Fsp3) is 0.526. The lowest BCUT2D eigenvalue weighted by molar-refractivity contribution is 0.151. The summed E-state index contributed by atoms with van der Waals surface area (Å²) in [6, 6.07) is 8.23. The van der Waals surface area contributed by atoms with Gasteiger partial charge in [-0.25, -0.2) is 4.99 Å². The molecule has 3 heterocycles. The van der Waals surface area contributed by atoms with E-state index in [-0.39, 0.29) is 24.0 Å². The van der Waals surface area contributed by atoms with Gasteiger partial charge in [0.2, 0.25) is 0 Å². The summed E-state index contributed by atoms with van der Waals surface area (Å²) < 4.78 is 5.43. The van der Waals surface area contributed by atoms with E-state index in [4.69, 9.17) is 9.41 Å². The molecule has 2 aromatic rings. The van der Waals surface area contributed by atoms with Gasteiger partial charge in [0, 0.05) is 30.9 Å². The summed E-state index contributed by atoms with van der Waals surface area (Å²) in [5, 5.41) is 5.69. The summed E-state index contributed by atoms with van der Waals surface area (Å²) in [7, 11) is 0. The molecule has 1 aliphatic heterocycles. The molecular formula is C19H26IN3OS. The third-order valence-corrected chi connectivity index (χ3v) is 6.21. The monoisotopic (exact) mass is 471 g/mol. The van der Waals surface area contributed by atoms with Crippen molar-refractivity contribution in [1.29, 1.82) is 0 Å². The molecule has 0 atom stereocenters. The van der Waals surface area contributed by atoms with E-state index in [1.165, 1.54) is 37.1 Å². The average molecular weight is 471 g/mol. The highest BCUT2D eigenvalue weighted by atomic mass is 127. The Hall–Kier alpha value is -1.02. The van der Waals surface area contributed by atoms with Crippen LogP contribution in [-0.2, 0) is 13.0 Å². The zero-order chi connectivity index (χ0) is 16.2. The first-order chi connectivity index (χ1) is 11.8. The van der Waals surface area contributed by atoms with E-state index in [9.17, 15) is 0 Å². The van der Waals surface area contributed by atoms with Gasteiger partial charge in [-0.3, -0.25) is 0 Å². The van der Waals surface area contributed by atoms with Crippen LogP contribution in [-0.4, -0.2) is 30.5 Å². The van der Waals surface area contributed by atoms with E-state index in [2.05, 4.69) is 27.7 Å². The molecule has 6 heteroatoms. The molecule has 1 saturated carbocycles. The van der Waals surface area contributed by atoms with Crippen molar-refractivity contribution in [3.05, 3.63) is 46.5 Å². The highest BCUT2D eigenvalue weighted by Gasteiger charge is 2.43. The Balaban J connectivity index is 0.00000182. The minimum Gasteiger partial charge on any atom is -0.469 e. The lowest BCUT2D eigenvalue weighted by Gasteiger charge is -2.38. The van der Waals surface area contributed by atoms with Crippen molar-refractivity contribution in [2.75, 3.05) is 19.6 Å². The number of aliphatic imine (C=N–C) groups is 1. The molecular weight excluding hydrogens is 445 g/mol. The molecule has 0 unspecified atom stereocenters. The van der Waals surface area contributed by atoms with E-state index in [0.717, 1.165) is 37.8 Å². The molecule has 1 N–H and O–H groups in total. The van der Waals surface area contributed by atoms with Crippen LogP contribution in [0.3, 0.4) is 0 Å². The van der Waals surface area contributed by atoms with Gasteiger partial charge in [-0.1, -0.05) is 12.5 Å². The van der Waals surface area contributed by atoms with Crippen LogP contribution in [0, 0.1) is 5.41 Å². The molecule has 0 aromatic carbocycles. The van der Waals surface area contributed by atoms with Crippen molar-refractivity contribution in [2.24, 2.45) is 10.4 Å². The zero-order valence-electron chi connectivity index (χ0n) is 14.4. The van der Waals surface area contributed by atoms with E-state index in [1.54, 1.807) is 17.6 Å². The van der Waals surface area contributed by atoms with Gasteiger partial charge in [0.25, 0.3) is 0 Å². The van der Waals surface area contributed by atoms with E-state index >= 15 is 0 Å². The summed E-state index contributed by atoms with van der Waals surface area (Å²) in [4.78, 5) is 8.69. The van der Waals surface area contributed by atoms with Crippen molar-refractivity contribution in [3.8, 4) is 0 Å². The van der Waals surface area contributed by atoms with Crippen LogP contribution in [0.1, 0.15) is 36.3 Å². The molecule has 4 nitrogen and oxygen atoms in total. The second kappa shape index (κ2) is 8.58. The lowest BCUT2D eigenvalue weighted by Crippen LogP contribution is -2.43. The number of guanidine groups is 1. The summed E-state index contributed by atoms with van der Waals surface area (Å²) in [6.07, 6.45) is 8.15. The Morgan fingerprint density at radius 2 is 2.20 bits per heavy atom. The summed E-state index contributed by atoms with van der Waals surface area (Å²) in [5.41, 5.74) is 0.590. The molecule has 25 heavy (non-hydrogen) atoms. The molecule has 0 bridgehead atoms. The normalized spacial score (nSPS) is 18.9. The predicted octanol–water partition coefficient (Wildman–Crippen LogP) is 4.52. The van der Waals surface area contributed by atoms with Gasteiger partial charge in [0.15, 0.2) is 5.96 Å². The summed E-state index contributed by atoms with van der Waals surface area (Å²) >= 11 is 1.78. The van der Waals surface area contributed by atoms with Crippen LogP contribution in [0.25, 0.3) is 0 Å². The van der Waals surface area contributed by atoms with Crippen LogP contribution in [0.2, 0.25) is 0 Å². The quantitative estimate of drug-likeness (QED) is 0.396. The van der Waals surface area contributed by atoms with Gasteiger partial charge in [-0.15, -0.1) is 35.3 Å². The number of nitrogens with zero attached hydrogens (tertiary/aromatic N) is 2. The van der Waals surface area contributed by atoms with Crippen LogP contribution < -0.4 is 5.32 Å². The Kier molecular flexibility index (Phi) is 6.44. The van der Waals surface area contributed by atoms with Gasteiger partial charge in [-0.2, -0.15) is 0 Å². The second-order valence-corrected chi connectivity index (χ2v) is 8.03. The fourth-order valence-electron chi connectivity index (χ4n) is 3.78. The minimum atomic E-state index is 0. The van der Waals surface area contributed by atoms with Crippen LogP contribution in [0.15, 0.2) is 45.3 Å². The second-order valence-electron chi connectivity index (χ2n) is 7.00. The van der Waals surface area contributed by atoms with E-state index in [0.29, 0.717) is 5.41 Å². The first kappa shape index (κ1) is 18.8. The molecule has 1 aliphatic carbocycles. The topological polar surface area (TPSA) is 40.8 Å². The fourth-order valence-corrected chi connectivity index (χ4v) is 4.40. The molecule has 1 spiro atoms. The maximum Gasteiger partial charge on any atom is 0.194 e. The van der Waals surface area contributed by atoms with Gasteiger partial charge in [0.05, 0.1) is 12.8 Å². The average Bonchev–Trinajstić information content (AvgIpc) is 3.31. The van der Waals surface area contributed by atoms with E-state index in [1.807, 2.05) is 12.1 Å². The predicted molar refractivity (Wildman–Crippen MR) is 114 cm³/mol. The summed E-state index contributed by atoms with van der Waals surface area (Å²) in [6.45, 7) is 3.94. The molecule has 2 fully saturated rings. The number of likely N-dealkylation sites (tertiary alicyclic amines) is 1. The summed E-state index contributed by atoms with van der Waals surface area (Å²) in [5.74, 6) is 2.09. The van der Waals surface area contributed by atoms with Crippen molar-refractivity contribution < 1.29 is 4.42 Å². The van der Waals surface area contributed by atoms with Crippen molar-refractivity contribution in [3.63, 3.8) is 0 Å². The lowest BCUT2D eigenvalue weighted by atomic mass is 9.68. The molecule has 4 rings (SSSR count). The Labute approximate surface area is 170 Å². The first-order valence-electron chi connectivity index (χ1n) is 8.91. The number of hydrogen-bond donors (Lipinski definition) is 1. The maximum atomic E-state index is 5.43. The van der Waals surface area contributed by atoms with Crippen LogP contribution in [0.4, 0.5) is 0 Å². The smallest absolute Gasteiger partial charge is 0.194 e. The molecule has 136 valence electrons. The highest BCUT2D eigenvalue weighted by molar-refractivity contribution is 14.0. The van der Waals surface area contributed by atoms with Gasteiger partial charge >= 0.3 is 0 Å². The Morgan fingerprint density at radius 3 is 2.84 bits per heavy atom. The molecule has 2 aliphatic rings. The van der Waals surface area contributed by atoms with E-state index < -0.39 is 0 Å². The van der Waals surface area contributed by atoms with Crippen LogP contribution in [0.5, 0.6) is 0 Å². The third-order valence-electron chi connectivity index (χ3n) is 5.35. The Morgan fingerprint density at radius 1 is 1.28 bits per heavy atom. The standard InChI is InChI=1S/C19H25N3OS.HI/c1-4-16(23-12-1)6-10-20-18(21-14-17-5-2-13-24-17)22-11-9-19(15-22)7-3-8-19;/h1-2,4-5,12-13H,3,6-11,14-15H2,(H,20,21);1H. The number of thiophene rings is 1. The number of nitrogens with one attached hydrogen (secondary N) is 1. The highest BCUT2D eigenvalue weighted by Crippen LogP contribution is 2.47. The molecule has 0 radical (unpaired) electrons.